The summed E-state index contributed by atoms with van der Waals surface area (Å²) in [6.45, 7) is 0. The van der Waals surface area contributed by atoms with Crippen molar-refractivity contribution in [1.29, 1.82) is 0 Å². The number of hydrogen-bond acceptors (Lipinski definition) is 4. The van der Waals surface area contributed by atoms with E-state index in [0.29, 0.717) is 20.9 Å². The highest BCUT2D eigenvalue weighted by atomic mass is 35.5. The van der Waals surface area contributed by atoms with Gasteiger partial charge in [-0.1, -0.05) is 35.4 Å². The maximum atomic E-state index is 10.5. The molecule has 0 saturated carbocycles. The van der Waals surface area contributed by atoms with Gasteiger partial charge in [-0.2, -0.15) is 0 Å². The van der Waals surface area contributed by atoms with E-state index in [2.05, 4.69) is 9.97 Å². The number of carbonyl (C=O) groups excluding carboxylic acids is 1. The number of thiocarbonyl (C=S) groups is 1. The van der Waals surface area contributed by atoms with Crippen LogP contribution in [0.1, 0.15) is 15.9 Å². The van der Waals surface area contributed by atoms with Gasteiger partial charge in [0.05, 0.1) is 5.56 Å². The first-order valence-corrected chi connectivity index (χ1v) is 6.39. The number of carbonyl (C=O) groups is 1. The molecule has 0 fully saturated rings. The number of nitrogens with two attached hydrogens (primary N) is 2. The number of amides is 1. The monoisotopic (exact) mass is 328 g/mol. The van der Waals surface area contributed by atoms with Crippen molar-refractivity contribution < 1.29 is 4.79 Å². The minimum atomic E-state index is -0.496. The quantitative estimate of drug-likeness (QED) is 0.651. The Kier molecular flexibility index (Phi) is 6.30. The summed E-state index contributed by atoms with van der Waals surface area (Å²) in [5.74, 6) is -0.496. The van der Waals surface area contributed by atoms with Gasteiger partial charge in [0, 0.05) is 18.0 Å². The summed E-state index contributed by atoms with van der Waals surface area (Å²) in [6, 6.07) is 6.42. The Morgan fingerprint density at radius 2 is 1.40 bits per heavy atom. The summed E-state index contributed by atoms with van der Waals surface area (Å²) in [6.07, 6.45) is 2.88. The zero-order valence-electron chi connectivity index (χ0n) is 10.1. The fourth-order valence-corrected chi connectivity index (χ4v) is 1.39. The normalized spacial score (nSPS) is 9.30. The molecule has 2 aromatic rings. The molecule has 0 aromatic carbocycles. The van der Waals surface area contributed by atoms with E-state index >= 15 is 0 Å². The third-order valence-electron chi connectivity index (χ3n) is 2.02. The molecule has 0 unspecified atom stereocenters. The Balaban J connectivity index is 0.000000200. The number of primary amides is 1. The molecule has 2 heterocycles. The summed E-state index contributed by atoms with van der Waals surface area (Å²) in [5.41, 5.74) is 11.4. The zero-order chi connectivity index (χ0) is 15.1. The van der Waals surface area contributed by atoms with Crippen molar-refractivity contribution in [3.8, 4) is 0 Å². The number of halogens is 2. The third kappa shape index (κ3) is 5.48. The molecule has 104 valence electrons. The van der Waals surface area contributed by atoms with Crippen LogP contribution < -0.4 is 11.5 Å². The molecule has 0 aliphatic heterocycles. The van der Waals surface area contributed by atoms with Crippen molar-refractivity contribution in [2.45, 2.75) is 0 Å². The molecule has 20 heavy (non-hydrogen) atoms. The second-order valence-electron chi connectivity index (χ2n) is 3.47. The largest absolute Gasteiger partial charge is 0.389 e. The first-order valence-electron chi connectivity index (χ1n) is 5.23. The third-order valence-corrected chi connectivity index (χ3v) is 2.71. The average Bonchev–Trinajstić information content (AvgIpc) is 2.40. The number of hydrogen-bond donors (Lipinski definition) is 2. The number of rotatable bonds is 2. The molecule has 0 saturated heterocycles. The number of aromatic nitrogens is 2. The van der Waals surface area contributed by atoms with E-state index in [1.807, 2.05) is 0 Å². The zero-order valence-corrected chi connectivity index (χ0v) is 12.4. The highest BCUT2D eigenvalue weighted by Crippen LogP contribution is 2.04. The first-order chi connectivity index (χ1) is 9.40. The second-order valence-corrected chi connectivity index (χ2v) is 4.68. The highest BCUT2D eigenvalue weighted by molar-refractivity contribution is 7.80. The topological polar surface area (TPSA) is 94.9 Å². The summed E-state index contributed by atoms with van der Waals surface area (Å²) in [5, 5.41) is 0.796. The summed E-state index contributed by atoms with van der Waals surface area (Å²) in [4.78, 5) is 18.3. The Bertz CT molecular complexity index is 546. The van der Waals surface area contributed by atoms with Crippen molar-refractivity contribution in [2.75, 3.05) is 0 Å². The van der Waals surface area contributed by atoms with Crippen LogP contribution in [0.5, 0.6) is 0 Å². The van der Waals surface area contributed by atoms with Crippen LogP contribution in [0.2, 0.25) is 10.3 Å². The van der Waals surface area contributed by atoms with Gasteiger partial charge in [-0.15, -0.1) is 0 Å². The first kappa shape index (κ1) is 16.3. The lowest BCUT2D eigenvalue weighted by atomic mass is 10.3. The van der Waals surface area contributed by atoms with Crippen LogP contribution in [0.3, 0.4) is 0 Å². The number of nitrogens with zero attached hydrogens (tertiary/aromatic N) is 2. The Hall–Kier alpha value is -1.76. The van der Waals surface area contributed by atoms with Crippen LogP contribution in [0.15, 0.2) is 36.7 Å². The molecule has 0 spiro atoms. The molecule has 0 aliphatic carbocycles. The van der Waals surface area contributed by atoms with Gasteiger partial charge in [-0.3, -0.25) is 4.79 Å². The molecule has 8 heteroatoms. The minimum Gasteiger partial charge on any atom is -0.389 e. The van der Waals surface area contributed by atoms with E-state index in [9.17, 15) is 4.79 Å². The summed E-state index contributed by atoms with van der Waals surface area (Å²) >= 11 is 15.7. The van der Waals surface area contributed by atoms with Crippen LogP contribution >= 0.6 is 35.4 Å². The lowest BCUT2D eigenvalue weighted by Gasteiger charge is -1.94. The molecule has 0 bridgehead atoms. The van der Waals surface area contributed by atoms with E-state index in [1.54, 1.807) is 18.3 Å². The number of pyridine rings is 2. The van der Waals surface area contributed by atoms with Crippen molar-refractivity contribution >= 4 is 46.3 Å². The predicted molar refractivity (Wildman–Crippen MR) is 82.9 cm³/mol. The molecule has 2 rings (SSSR count). The standard InChI is InChI=1S/C6H5ClN2O.C6H5ClN2S/c2*7-5-2-1-4(3-9-5)6(8)10/h2*1-3H,(H2,8,10). The van der Waals surface area contributed by atoms with Crippen molar-refractivity contribution in [3.05, 3.63) is 58.1 Å². The van der Waals surface area contributed by atoms with Crippen LogP contribution in [-0.4, -0.2) is 20.9 Å². The van der Waals surface area contributed by atoms with Crippen molar-refractivity contribution in [1.82, 2.24) is 9.97 Å². The molecule has 4 N–H and O–H groups in total. The Labute approximate surface area is 130 Å². The maximum Gasteiger partial charge on any atom is 0.250 e. The van der Waals surface area contributed by atoms with Gasteiger partial charge in [0.1, 0.15) is 15.3 Å². The van der Waals surface area contributed by atoms with Gasteiger partial charge in [0.25, 0.3) is 0 Å². The molecule has 5 nitrogen and oxygen atoms in total. The summed E-state index contributed by atoms with van der Waals surface area (Å²) in [7, 11) is 0. The van der Waals surface area contributed by atoms with E-state index < -0.39 is 5.91 Å². The molecule has 0 radical (unpaired) electrons. The molecule has 2 aromatic heterocycles. The predicted octanol–water partition coefficient (Wildman–Crippen LogP) is 2.20. The average molecular weight is 329 g/mol. The van der Waals surface area contributed by atoms with Gasteiger partial charge in [0.15, 0.2) is 0 Å². The van der Waals surface area contributed by atoms with Gasteiger partial charge in [0.2, 0.25) is 5.91 Å². The molecular weight excluding hydrogens is 319 g/mol. The van der Waals surface area contributed by atoms with Gasteiger partial charge in [-0.25, -0.2) is 9.97 Å². The SMILES string of the molecule is NC(=O)c1ccc(Cl)nc1.NC(=S)c1ccc(Cl)nc1. The molecule has 0 aliphatic rings. The highest BCUT2D eigenvalue weighted by Gasteiger charge is 1.98. The Morgan fingerprint density at radius 1 is 0.950 bits per heavy atom. The van der Waals surface area contributed by atoms with E-state index in [4.69, 9.17) is 46.9 Å². The fourth-order valence-electron chi connectivity index (χ4n) is 1.04. The lowest BCUT2D eigenvalue weighted by Crippen LogP contribution is -2.10. The van der Waals surface area contributed by atoms with Gasteiger partial charge in [-0.05, 0) is 24.3 Å². The van der Waals surface area contributed by atoms with Crippen LogP contribution in [0.25, 0.3) is 0 Å². The van der Waals surface area contributed by atoms with Crippen LogP contribution in [0.4, 0.5) is 0 Å². The molecule has 0 atom stereocenters. The van der Waals surface area contributed by atoms with E-state index in [0.717, 1.165) is 5.56 Å². The molecular formula is C12H10Cl2N4OS. The van der Waals surface area contributed by atoms with Crippen molar-refractivity contribution in [3.63, 3.8) is 0 Å². The van der Waals surface area contributed by atoms with Crippen molar-refractivity contribution in [2.24, 2.45) is 11.5 Å². The van der Waals surface area contributed by atoms with Crippen LogP contribution in [0, 0.1) is 0 Å². The van der Waals surface area contributed by atoms with Crippen LogP contribution in [-0.2, 0) is 0 Å². The molecule has 1 amide bonds. The van der Waals surface area contributed by atoms with Gasteiger partial charge >= 0.3 is 0 Å². The van der Waals surface area contributed by atoms with E-state index in [1.165, 1.54) is 18.3 Å². The van der Waals surface area contributed by atoms with E-state index in [-0.39, 0.29) is 0 Å². The fraction of sp³-hybridized carbons (Fsp3) is 0. The summed E-state index contributed by atoms with van der Waals surface area (Å²) < 4.78 is 0. The maximum absolute atomic E-state index is 10.5. The smallest absolute Gasteiger partial charge is 0.250 e. The lowest BCUT2D eigenvalue weighted by molar-refractivity contribution is 0.1000. The second kappa shape index (κ2) is 7.74. The minimum absolute atomic E-state index is 0.337. The Morgan fingerprint density at radius 3 is 1.70 bits per heavy atom. The van der Waals surface area contributed by atoms with Gasteiger partial charge < -0.3 is 11.5 Å².